The van der Waals surface area contributed by atoms with Crippen LogP contribution in [-0.4, -0.2) is 36.5 Å². The smallest absolute Gasteiger partial charge is 0.328 e. The maximum absolute atomic E-state index is 12.1. The molecule has 0 spiro atoms. The van der Waals surface area contributed by atoms with E-state index in [9.17, 15) is 18.4 Å². The lowest BCUT2D eigenvalue weighted by atomic mass is 10.1. The van der Waals surface area contributed by atoms with Gasteiger partial charge in [0.25, 0.3) is 6.08 Å². The van der Waals surface area contributed by atoms with Gasteiger partial charge in [0.05, 0.1) is 7.11 Å². The number of esters is 1. The SMILES string of the molecule is CC.CCC(C(=O)OC)N1C[C@H](C=C(F)F)CC1=O. The van der Waals surface area contributed by atoms with Crippen molar-refractivity contribution < 1.29 is 23.1 Å². The number of halogens is 2. The van der Waals surface area contributed by atoms with E-state index >= 15 is 0 Å². The van der Waals surface area contributed by atoms with Crippen molar-refractivity contribution >= 4 is 11.9 Å². The summed E-state index contributed by atoms with van der Waals surface area (Å²) < 4.78 is 28.8. The van der Waals surface area contributed by atoms with Crippen LogP contribution in [-0.2, 0) is 14.3 Å². The molecule has 1 unspecified atom stereocenters. The number of ether oxygens (including phenoxy) is 1. The first-order chi connectivity index (χ1) is 8.99. The van der Waals surface area contributed by atoms with Crippen LogP contribution in [0.25, 0.3) is 0 Å². The summed E-state index contributed by atoms with van der Waals surface area (Å²) in [6, 6.07) is -0.673. The van der Waals surface area contributed by atoms with E-state index in [-0.39, 0.29) is 18.9 Å². The Balaban J connectivity index is 0.00000154. The third-order valence-electron chi connectivity index (χ3n) is 2.79. The molecule has 0 saturated carbocycles. The standard InChI is InChI=1S/C11H15F2NO3.C2H6/c1-3-8(11(16)17-2)14-6-7(4-9(12)13)5-10(14)15;1-2/h4,7-8H,3,5-6H2,1-2H3;1-2H3/t7-,8?;/m1./s1. The molecule has 1 rings (SSSR count). The van der Waals surface area contributed by atoms with Gasteiger partial charge in [0.2, 0.25) is 5.91 Å². The highest BCUT2D eigenvalue weighted by molar-refractivity contribution is 5.86. The predicted molar refractivity (Wildman–Crippen MR) is 67.6 cm³/mol. The zero-order valence-electron chi connectivity index (χ0n) is 11.8. The molecular weight excluding hydrogens is 256 g/mol. The molecule has 0 aliphatic carbocycles. The molecule has 1 heterocycles. The van der Waals surface area contributed by atoms with E-state index in [1.54, 1.807) is 6.92 Å². The molecule has 0 aromatic carbocycles. The third-order valence-corrected chi connectivity index (χ3v) is 2.79. The molecule has 1 fully saturated rings. The summed E-state index contributed by atoms with van der Waals surface area (Å²) in [5.74, 6) is -1.32. The molecule has 1 saturated heterocycles. The Morgan fingerprint density at radius 2 is 2.11 bits per heavy atom. The summed E-state index contributed by atoms with van der Waals surface area (Å²) in [6.07, 6.45) is -0.601. The minimum absolute atomic E-state index is 0.0187. The summed E-state index contributed by atoms with van der Waals surface area (Å²) in [7, 11) is 1.24. The molecule has 2 atom stereocenters. The second-order valence-corrected chi connectivity index (χ2v) is 3.91. The average molecular weight is 277 g/mol. The molecule has 19 heavy (non-hydrogen) atoms. The van der Waals surface area contributed by atoms with Crippen molar-refractivity contribution in [2.75, 3.05) is 13.7 Å². The molecule has 0 aromatic heterocycles. The lowest BCUT2D eigenvalue weighted by Gasteiger charge is -2.24. The van der Waals surface area contributed by atoms with E-state index in [0.717, 1.165) is 6.08 Å². The van der Waals surface area contributed by atoms with Crippen LogP contribution in [0.2, 0.25) is 0 Å². The maximum atomic E-state index is 12.1. The van der Waals surface area contributed by atoms with E-state index in [0.29, 0.717) is 6.42 Å². The Bertz CT molecular complexity index is 341. The van der Waals surface area contributed by atoms with Gasteiger partial charge in [0.15, 0.2) is 0 Å². The van der Waals surface area contributed by atoms with Gasteiger partial charge in [-0.25, -0.2) is 4.79 Å². The Morgan fingerprint density at radius 1 is 1.53 bits per heavy atom. The van der Waals surface area contributed by atoms with Crippen LogP contribution < -0.4 is 0 Å². The Hall–Kier alpha value is -1.46. The normalized spacial score (nSPS) is 19.4. The minimum atomic E-state index is -1.80. The second-order valence-electron chi connectivity index (χ2n) is 3.91. The van der Waals surface area contributed by atoms with E-state index in [1.807, 2.05) is 13.8 Å². The van der Waals surface area contributed by atoms with Gasteiger partial charge in [-0.15, -0.1) is 0 Å². The van der Waals surface area contributed by atoms with Crippen molar-refractivity contribution in [1.82, 2.24) is 4.90 Å². The van der Waals surface area contributed by atoms with Crippen LogP contribution in [0, 0.1) is 5.92 Å². The van der Waals surface area contributed by atoms with Crippen molar-refractivity contribution in [3.63, 3.8) is 0 Å². The zero-order chi connectivity index (χ0) is 15.0. The highest BCUT2D eigenvalue weighted by Crippen LogP contribution is 2.24. The first-order valence-corrected chi connectivity index (χ1v) is 6.39. The summed E-state index contributed by atoms with van der Waals surface area (Å²) in [5.41, 5.74) is 0. The topological polar surface area (TPSA) is 46.6 Å². The van der Waals surface area contributed by atoms with Crippen LogP contribution in [0.3, 0.4) is 0 Å². The first kappa shape index (κ1) is 17.5. The minimum Gasteiger partial charge on any atom is -0.467 e. The second kappa shape index (κ2) is 8.61. The molecule has 1 aliphatic rings. The van der Waals surface area contributed by atoms with Gasteiger partial charge in [-0.1, -0.05) is 20.8 Å². The Morgan fingerprint density at radius 3 is 2.53 bits per heavy atom. The van der Waals surface area contributed by atoms with Gasteiger partial charge >= 0.3 is 5.97 Å². The highest BCUT2D eigenvalue weighted by atomic mass is 19.3. The van der Waals surface area contributed by atoms with Crippen LogP contribution in [0.4, 0.5) is 8.78 Å². The number of rotatable bonds is 4. The van der Waals surface area contributed by atoms with Crippen molar-refractivity contribution in [2.24, 2.45) is 5.92 Å². The maximum Gasteiger partial charge on any atom is 0.328 e. The number of methoxy groups -OCH3 is 1. The number of amides is 1. The van der Waals surface area contributed by atoms with Crippen LogP contribution in [0.15, 0.2) is 12.2 Å². The summed E-state index contributed by atoms with van der Waals surface area (Å²) in [6.45, 7) is 5.89. The number of hydrogen-bond acceptors (Lipinski definition) is 3. The molecular formula is C13H21F2NO3. The van der Waals surface area contributed by atoms with E-state index in [2.05, 4.69) is 4.74 Å². The molecule has 1 amide bonds. The quantitative estimate of drug-likeness (QED) is 0.742. The number of hydrogen-bond donors (Lipinski definition) is 0. The molecule has 1 aliphatic heterocycles. The van der Waals surface area contributed by atoms with Crippen molar-refractivity contribution in [3.05, 3.63) is 12.2 Å². The molecule has 0 N–H and O–H groups in total. The largest absolute Gasteiger partial charge is 0.467 e. The van der Waals surface area contributed by atoms with Crippen molar-refractivity contribution in [2.45, 2.75) is 39.7 Å². The molecule has 110 valence electrons. The monoisotopic (exact) mass is 277 g/mol. The first-order valence-electron chi connectivity index (χ1n) is 6.39. The van der Waals surface area contributed by atoms with Crippen molar-refractivity contribution in [3.8, 4) is 0 Å². The molecule has 0 aromatic rings. The fourth-order valence-electron chi connectivity index (χ4n) is 2.00. The molecule has 6 heteroatoms. The van der Waals surface area contributed by atoms with Gasteiger partial charge < -0.3 is 9.64 Å². The lowest BCUT2D eigenvalue weighted by Crippen LogP contribution is -2.42. The van der Waals surface area contributed by atoms with Crippen LogP contribution in [0.1, 0.15) is 33.6 Å². The Labute approximate surface area is 112 Å². The third kappa shape index (κ3) is 4.96. The molecule has 0 bridgehead atoms. The predicted octanol–water partition coefficient (Wildman–Crippen LogP) is 2.59. The summed E-state index contributed by atoms with van der Waals surface area (Å²) in [4.78, 5) is 24.4. The van der Waals surface area contributed by atoms with Gasteiger partial charge in [0, 0.05) is 18.9 Å². The number of carbonyl (C=O) groups is 2. The van der Waals surface area contributed by atoms with Gasteiger partial charge in [-0.3, -0.25) is 4.79 Å². The fraction of sp³-hybridized carbons (Fsp3) is 0.692. The van der Waals surface area contributed by atoms with Gasteiger partial charge in [0.1, 0.15) is 6.04 Å². The highest BCUT2D eigenvalue weighted by Gasteiger charge is 2.36. The van der Waals surface area contributed by atoms with E-state index in [4.69, 9.17) is 0 Å². The zero-order valence-corrected chi connectivity index (χ0v) is 11.8. The average Bonchev–Trinajstić information content (AvgIpc) is 2.72. The fourth-order valence-corrected chi connectivity index (χ4v) is 2.00. The van der Waals surface area contributed by atoms with Crippen molar-refractivity contribution in [1.29, 1.82) is 0 Å². The molecule has 4 nitrogen and oxygen atoms in total. The number of likely N-dealkylation sites (tertiary alicyclic amines) is 1. The Kier molecular flexibility index (Phi) is 7.95. The van der Waals surface area contributed by atoms with E-state index in [1.165, 1.54) is 12.0 Å². The summed E-state index contributed by atoms with van der Waals surface area (Å²) >= 11 is 0. The van der Waals surface area contributed by atoms with Gasteiger partial charge in [-0.2, -0.15) is 8.78 Å². The number of nitrogens with zero attached hydrogens (tertiary/aromatic N) is 1. The lowest BCUT2D eigenvalue weighted by molar-refractivity contribution is -0.151. The summed E-state index contributed by atoms with van der Waals surface area (Å²) in [5, 5.41) is 0. The molecule has 0 radical (unpaired) electrons. The van der Waals surface area contributed by atoms with Gasteiger partial charge in [-0.05, 0) is 12.5 Å². The number of carbonyl (C=O) groups excluding carboxylic acids is 2. The van der Waals surface area contributed by atoms with Crippen LogP contribution in [0.5, 0.6) is 0 Å². The van der Waals surface area contributed by atoms with Crippen LogP contribution >= 0.6 is 0 Å². The van der Waals surface area contributed by atoms with E-state index < -0.39 is 24.0 Å².